The van der Waals surface area contributed by atoms with Crippen molar-refractivity contribution in [2.24, 2.45) is 0 Å². The van der Waals surface area contributed by atoms with Crippen LogP contribution in [0.1, 0.15) is 20.3 Å². The number of thioether (sulfide) groups is 1. The van der Waals surface area contributed by atoms with Crippen molar-refractivity contribution in [2.75, 3.05) is 12.9 Å². The molecular weight excluding hydrogens is 364 g/mol. The number of fused-ring (bicyclic) bond motifs is 4. The van der Waals surface area contributed by atoms with Crippen molar-refractivity contribution in [3.8, 4) is 5.75 Å². The number of rotatable bonds is 5. The molecule has 3 aromatic rings. The third-order valence-electron chi connectivity index (χ3n) is 5.00. The Morgan fingerprint density at radius 3 is 3.00 bits per heavy atom. The molecule has 8 heteroatoms. The van der Waals surface area contributed by atoms with Gasteiger partial charge < -0.3 is 14.6 Å². The van der Waals surface area contributed by atoms with Crippen LogP contribution in [0.15, 0.2) is 28.2 Å². The van der Waals surface area contributed by atoms with Crippen LogP contribution >= 0.6 is 11.8 Å². The van der Waals surface area contributed by atoms with Crippen LogP contribution in [-0.4, -0.2) is 38.9 Å². The van der Waals surface area contributed by atoms with Crippen LogP contribution in [0.5, 0.6) is 5.75 Å². The fraction of sp³-hybridized carbons (Fsp3) is 0.421. The molecular formula is C19H22N4O3S. The average Bonchev–Trinajstić information content (AvgIpc) is 3.25. The van der Waals surface area contributed by atoms with Crippen LogP contribution in [0, 0.1) is 0 Å². The highest BCUT2D eigenvalue weighted by molar-refractivity contribution is 7.99. The normalized spacial score (nSPS) is 14.5. The molecule has 1 amide bonds. The lowest BCUT2D eigenvalue weighted by atomic mass is 10.2. The summed E-state index contributed by atoms with van der Waals surface area (Å²) in [4.78, 5) is 30.4. The first-order valence-corrected chi connectivity index (χ1v) is 10.0. The van der Waals surface area contributed by atoms with E-state index in [4.69, 9.17) is 9.72 Å². The summed E-state index contributed by atoms with van der Waals surface area (Å²) >= 11 is 1.58. The maximum absolute atomic E-state index is 13.2. The fourth-order valence-electron chi connectivity index (χ4n) is 3.41. The van der Waals surface area contributed by atoms with Crippen LogP contribution in [0.3, 0.4) is 0 Å². The second kappa shape index (κ2) is 6.92. The minimum atomic E-state index is -0.113. The summed E-state index contributed by atoms with van der Waals surface area (Å²) < 4.78 is 8.83. The molecule has 0 unspecified atom stereocenters. The van der Waals surface area contributed by atoms with Crippen molar-refractivity contribution in [3.63, 3.8) is 0 Å². The number of hydrogen-bond acceptors (Lipinski definition) is 5. The largest absolute Gasteiger partial charge is 0.497 e. The summed E-state index contributed by atoms with van der Waals surface area (Å²) in [6, 6.07) is 5.69. The first-order chi connectivity index (χ1) is 13.0. The summed E-state index contributed by atoms with van der Waals surface area (Å²) in [7, 11) is 1.61. The van der Waals surface area contributed by atoms with Gasteiger partial charge in [0.25, 0.3) is 5.56 Å². The zero-order chi connectivity index (χ0) is 19.1. The minimum Gasteiger partial charge on any atom is -0.497 e. The van der Waals surface area contributed by atoms with E-state index >= 15 is 0 Å². The Morgan fingerprint density at radius 1 is 1.44 bits per heavy atom. The predicted molar refractivity (Wildman–Crippen MR) is 107 cm³/mol. The zero-order valence-corrected chi connectivity index (χ0v) is 16.4. The number of benzene rings is 1. The zero-order valence-electron chi connectivity index (χ0n) is 15.6. The Labute approximate surface area is 160 Å². The Hall–Kier alpha value is -2.48. The molecule has 0 saturated heterocycles. The maximum Gasteiger partial charge on any atom is 0.278 e. The van der Waals surface area contributed by atoms with E-state index in [2.05, 4.69) is 5.32 Å². The van der Waals surface area contributed by atoms with E-state index in [1.807, 2.05) is 32.0 Å². The maximum atomic E-state index is 13.2. The Morgan fingerprint density at radius 2 is 2.26 bits per heavy atom. The molecule has 1 aliphatic rings. The van der Waals surface area contributed by atoms with Crippen molar-refractivity contribution in [2.45, 2.75) is 44.6 Å². The summed E-state index contributed by atoms with van der Waals surface area (Å²) in [5.41, 5.74) is 1.82. The number of carbonyl (C=O) groups is 1. The van der Waals surface area contributed by atoms with E-state index in [0.29, 0.717) is 23.3 Å². The molecule has 3 heterocycles. The second-order valence-corrected chi connectivity index (χ2v) is 7.80. The number of aromatic nitrogens is 3. The van der Waals surface area contributed by atoms with Crippen LogP contribution in [0.25, 0.3) is 21.9 Å². The summed E-state index contributed by atoms with van der Waals surface area (Å²) in [6.07, 6.45) is 0.852. The molecule has 1 aliphatic heterocycles. The second-order valence-electron chi connectivity index (χ2n) is 6.74. The minimum absolute atomic E-state index is 0.0834. The predicted octanol–water partition coefficient (Wildman–Crippen LogP) is 2.38. The van der Waals surface area contributed by atoms with Gasteiger partial charge in [0.1, 0.15) is 23.3 Å². The van der Waals surface area contributed by atoms with E-state index in [9.17, 15) is 9.59 Å². The van der Waals surface area contributed by atoms with E-state index in [1.54, 1.807) is 28.0 Å². The van der Waals surface area contributed by atoms with Gasteiger partial charge in [-0.25, -0.2) is 4.98 Å². The van der Waals surface area contributed by atoms with E-state index in [-0.39, 0.29) is 24.1 Å². The van der Waals surface area contributed by atoms with Crippen LogP contribution in [-0.2, 0) is 17.9 Å². The van der Waals surface area contributed by atoms with Gasteiger partial charge in [-0.2, -0.15) is 0 Å². The molecule has 1 aromatic carbocycles. The van der Waals surface area contributed by atoms with E-state index in [1.165, 1.54) is 0 Å². The molecule has 0 bridgehead atoms. The summed E-state index contributed by atoms with van der Waals surface area (Å²) in [5, 5.41) is 4.54. The SMILES string of the molecule is CC[C@H](C)NC(=O)Cn1c2ccc(OC)cc2c2nc3n(c(=O)c21)CCS3. The smallest absolute Gasteiger partial charge is 0.278 e. The van der Waals surface area contributed by atoms with Gasteiger partial charge in [0.05, 0.1) is 12.6 Å². The third kappa shape index (κ3) is 2.97. The molecule has 0 saturated carbocycles. The van der Waals surface area contributed by atoms with Crippen molar-refractivity contribution < 1.29 is 9.53 Å². The lowest BCUT2D eigenvalue weighted by molar-refractivity contribution is -0.122. The van der Waals surface area contributed by atoms with Gasteiger partial charge >= 0.3 is 0 Å². The van der Waals surface area contributed by atoms with E-state index in [0.717, 1.165) is 28.2 Å². The van der Waals surface area contributed by atoms with Gasteiger partial charge in [-0.3, -0.25) is 14.2 Å². The number of methoxy groups -OCH3 is 1. The van der Waals surface area contributed by atoms with Gasteiger partial charge in [0, 0.05) is 23.7 Å². The van der Waals surface area contributed by atoms with Gasteiger partial charge in [-0.1, -0.05) is 18.7 Å². The topological polar surface area (TPSA) is 78.2 Å². The third-order valence-corrected chi connectivity index (χ3v) is 5.95. The first-order valence-electron chi connectivity index (χ1n) is 9.06. The number of amides is 1. The molecule has 1 atom stereocenters. The Kier molecular flexibility index (Phi) is 4.59. The molecule has 0 fully saturated rings. The van der Waals surface area contributed by atoms with Crippen LogP contribution in [0.4, 0.5) is 0 Å². The molecule has 2 aromatic heterocycles. The Bertz CT molecular complexity index is 1100. The molecule has 0 aliphatic carbocycles. The van der Waals surface area contributed by atoms with Gasteiger partial charge in [-0.05, 0) is 31.5 Å². The average molecular weight is 386 g/mol. The highest BCUT2D eigenvalue weighted by atomic mass is 32.2. The fourth-order valence-corrected chi connectivity index (χ4v) is 4.35. The van der Waals surface area contributed by atoms with Gasteiger partial charge in [0.15, 0.2) is 5.16 Å². The van der Waals surface area contributed by atoms with Crippen LogP contribution in [0.2, 0.25) is 0 Å². The molecule has 142 valence electrons. The van der Waals surface area contributed by atoms with Crippen molar-refractivity contribution in [1.29, 1.82) is 0 Å². The van der Waals surface area contributed by atoms with Crippen molar-refractivity contribution >= 4 is 39.6 Å². The molecule has 7 nitrogen and oxygen atoms in total. The van der Waals surface area contributed by atoms with Crippen LogP contribution < -0.4 is 15.6 Å². The lowest BCUT2D eigenvalue weighted by Gasteiger charge is -2.13. The molecule has 4 rings (SSSR count). The highest BCUT2D eigenvalue weighted by Gasteiger charge is 2.23. The molecule has 0 radical (unpaired) electrons. The lowest BCUT2D eigenvalue weighted by Crippen LogP contribution is -2.35. The number of nitrogens with one attached hydrogen (secondary N) is 1. The van der Waals surface area contributed by atoms with Gasteiger partial charge in [-0.15, -0.1) is 0 Å². The summed E-state index contributed by atoms with van der Waals surface area (Å²) in [5.74, 6) is 1.42. The first kappa shape index (κ1) is 17.9. The quantitative estimate of drug-likeness (QED) is 0.681. The monoisotopic (exact) mass is 386 g/mol. The number of ether oxygens (including phenoxy) is 1. The number of carbonyl (C=O) groups excluding carboxylic acids is 1. The standard InChI is InChI=1S/C19H22N4O3S/c1-4-11(2)20-15(24)10-23-14-6-5-12(26-3)9-13(14)16-17(23)18(25)22-7-8-27-19(22)21-16/h5-6,9,11H,4,7-8,10H2,1-3H3,(H,20,24)/t11-/m0/s1. The highest BCUT2D eigenvalue weighted by Crippen LogP contribution is 2.32. The molecule has 1 N–H and O–H groups in total. The number of hydrogen-bond donors (Lipinski definition) is 1. The summed E-state index contributed by atoms with van der Waals surface area (Å²) in [6.45, 7) is 4.72. The van der Waals surface area contributed by atoms with Crippen molar-refractivity contribution in [1.82, 2.24) is 19.4 Å². The van der Waals surface area contributed by atoms with Crippen molar-refractivity contribution in [3.05, 3.63) is 28.6 Å². The van der Waals surface area contributed by atoms with E-state index < -0.39 is 0 Å². The molecule has 0 spiro atoms. The molecule has 27 heavy (non-hydrogen) atoms. The van der Waals surface area contributed by atoms with Gasteiger partial charge in [0.2, 0.25) is 5.91 Å². The number of nitrogens with zero attached hydrogens (tertiary/aromatic N) is 3. The Balaban J connectivity index is 1.95.